The molecule has 0 spiro atoms. The number of hydrogen-bond donors (Lipinski definition) is 0. The van der Waals surface area contributed by atoms with Gasteiger partial charge in [0.25, 0.3) is 0 Å². The van der Waals surface area contributed by atoms with Crippen molar-refractivity contribution in [2.75, 3.05) is 7.11 Å². The van der Waals surface area contributed by atoms with Gasteiger partial charge in [-0.05, 0) is 6.42 Å². The maximum atomic E-state index is 8.34. The molecule has 0 aromatic rings. The zero-order valence-electron chi connectivity index (χ0n) is 5.85. The Morgan fingerprint density at radius 3 is 2.56 bits per heavy atom. The Labute approximate surface area is 55.7 Å². The van der Waals surface area contributed by atoms with E-state index < -0.39 is 0 Å². The zero-order chi connectivity index (χ0) is 7.28. The highest BCUT2D eigenvalue weighted by molar-refractivity contribution is 5.20. The van der Waals surface area contributed by atoms with Crippen LogP contribution in [0.2, 0.25) is 0 Å². The van der Waals surface area contributed by atoms with Gasteiger partial charge in [0.1, 0.15) is 0 Å². The van der Waals surface area contributed by atoms with Gasteiger partial charge in [-0.1, -0.05) is 13.5 Å². The molecule has 0 aliphatic heterocycles. The van der Waals surface area contributed by atoms with Crippen LogP contribution in [0.25, 0.3) is 0 Å². The van der Waals surface area contributed by atoms with Crippen LogP contribution in [0.3, 0.4) is 0 Å². The summed E-state index contributed by atoms with van der Waals surface area (Å²) in [5.41, 5.74) is 0.500. The van der Waals surface area contributed by atoms with Gasteiger partial charge in [-0.15, -0.1) is 0 Å². The second-order valence-electron chi connectivity index (χ2n) is 1.77. The Bertz CT molecular complexity index is 130. The first-order chi connectivity index (χ1) is 4.26. The molecule has 9 heavy (non-hydrogen) atoms. The third kappa shape index (κ3) is 2.29. The van der Waals surface area contributed by atoms with Crippen LogP contribution in [0.15, 0.2) is 12.2 Å². The standard InChI is InChI=1S/C7H11NO/c1-4-7(9-3)6(2)5-8/h7H,2,4H2,1,3H3. The van der Waals surface area contributed by atoms with Crippen LogP contribution >= 0.6 is 0 Å². The van der Waals surface area contributed by atoms with Crippen LogP contribution in [0.5, 0.6) is 0 Å². The molecular weight excluding hydrogens is 114 g/mol. The first kappa shape index (κ1) is 8.19. The quantitative estimate of drug-likeness (QED) is 0.535. The summed E-state index contributed by atoms with van der Waals surface area (Å²) < 4.78 is 4.93. The molecule has 0 amide bonds. The van der Waals surface area contributed by atoms with Gasteiger partial charge in [0, 0.05) is 7.11 Å². The van der Waals surface area contributed by atoms with Gasteiger partial charge in [0.05, 0.1) is 17.7 Å². The minimum atomic E-state index is -0.0880. The average Bonchev–Trinajstić information content (AvgIpc) is 1.90. The van der Waals surface area contributed by atoms with Crippen LogP contribution < -0.4 is 0 Å². The molecule has 0 saturated carbocycles. The number of hydrogen-bond acceptors (Lipinski definition) is 2. The van der Waals surface area contributed by atoms with Crippen molar-refractivity contribution >= 4 is 0 Å². The summed E-state index contributed by atoms with van der Waals surface area (Å²) in [6.07, 6.45) is 0.720. The van der Waals surface area contributed by atoms with Crippen LogP contribution in [0.4, 0.5) is 0 Å². The smallest absolute Gasteiger partial charge is 0.0968 e. The molecule has 0 aromatic carbocycles. The van der Waals surface area contributed by atoms with E-state index in [0.29, 0.717) is 5.57 Å². The van der Waals surface area contributed by atoms with Gasteiger partial charge in [-0.25, -0.2) is 0 Å². The fourth-order valence-electron chi connectivity index (χ4n) is 0.627. The largest absolute Gasteiger partial charge is 0.376 e. The number of ether oxygens (including phenoxy) is 1. The van der Waals surface area contributed by atoms with Gasteiger partial charge in [0.2, 0.25) is 0 Å². The molecule has 0 N–H and O–H groups in total. The Balaban J connectivity index is 3.83. The third-order valence-electron chi connectivity index (χ3n) is 1.19. The van der Waals surface area contributed by atoms with E-state index in [2.05, 4.69) is 6.58 Å². The molecule has 0 aliphatic rings. The lowest BCUT2D eigenvalue weighted by Gasteiger charge is -2.08. The van der Waals surface area contributed by atoms with E-state index in [1.54, 1.807) is 7.11 Å². The summed E-state index contributed by atoms with van der Waals surface area (Å²) in [4.78, 5) is 0. The molecular formula is C7H11NO. The highest BCUT2D eigenvalue weighted by Gasteiger charge is 2.06. The van der Waals surface area contributed by atoms with Gasteiger partial charge in [-0.3, -0.25) is 0 Å². The van der Waals surface area contributed by atoms with Crippen molar-refractivity contribution in [3.8, 4) is 6.07 Å². The van der Waals surface area contributed by atoms with Crippen LogP contribution in [0, 0.1) is 11.3 Å². The molecule has 0 radical (unpaired) electrons. The molecule has 50 valence electrons. The third-order valence-corrected chi connectivity index (χ3v) is 1.19. The van der Waals surface area contributed by atoms with E-state index in [4.69, 9.17) is 10.00 Å². The number of methoxy groups -OCH3 is 1. The molecule has 1 atom stereocenters. The maximum Gasteiger partial charge on any atom is 0.0968 e. The molecule has 0 bridgehead atoms. The zero-order valence-corrected chi connectivity index (χ0v) is 5.85. The summed E-state index contributed by atoms with van der Waals surface area (Å²) in [5.74, 6) is 0. The van der Waals surface area contributed by atoms with Gasteiger partial charge < -0.3 is 4.74 Å². The molecule has 2 heteroatoms. The lowest BCUT2D eigenvalue weighted by Crippen LogP contribution is -2.09. The number of nitriles is 1. The fraction of sp³-hybridized carbons (Fsp3) is 0.571. The number of nitrogens with zero attached hydrogens (tertiary/aromatic N) is 1. The van der Waals surface area contributed by atoms with Crippen molar-refractivity contribution in [1.82, 2.24) is 0 Å². The van der Waals surface area contributed by atoms with Crippen molar-refractivity contribution in [3.05, 3.63) is 12.2 Å². The summed E-state index contributed by atoms with van der Waals surface area (Å²) in [7, 11) is 1.58. The second kappa shape index (κ2) is 4.11. The first-order valence-electron chi connectivity index (χ1n) is 2.88. The average molecular weight is 125 g/mol. The van der Waals surface area contributed by atoms with E-state index in [1.807, 2.05) is 13.0 Å². The lowest BCUT2D eigenvalue weighted by molar-refractivity contribution is 0.132. The molecule has 0 heterocycles. The molecule has 1 unspecified atom stereocenters. The van der Waals surface area contributed by atoms with Crippen molar-refractivity contribution in [1.29, 1.82) is 5.26 Å². The minimum Gasteiger partial charge on any atom is -0.376 e. The molecule has 0 rings (SSSR count). The highest BCUT2D eigenvalue weighted by Crippen LogP contribution is 2.05. The van der Waals surface area contributed by atoms with Gasteiger partial charge >= 0.3 is 0 Å². The molecule has 0 aromatic heterocycles. The van der Waals surface area contributed by atoms with Crippen molar-refractivity contribution < 1.29 is 4.74 Å². The van der Waals surface area contributed by atoms with Crippen molar-refractivity contribution in [2.24, 2.45) is 0 Å². The predicted octanol–water partition coefficient (Wildman–Crippen LogP) is 1.49. The van der Waals surface area contributed by atoms with E-state index in [0.717, 1.165) is 6.42 Å². The number of rotatable bonds is 3. The Morgan fingerprint density at radius 1 is 1.89 bits per heavy atom. The van der Waals surface area contributed by atoms with Gasteiger partial charge in [-0.2, -0.15) is 5.26 Å². The maximum absolute atomic E-state index is 8.34. The summed E-state index contributed by atoms with van der Waals surface area (Å²) >= 11 is 0. The summed E-state index contributed by atoms with van der Waals surface area (Å²) in [6, 6.07) is 1.95. The summed E-state index contributed by atoms with van der Waals surface area (Å²) in [5, 5.41) is 8.34. The SMILES string of the molecule is C=C(C#N)C(CC)OC. The van der Waals surface area contributed by atoms with Crippen molar-refractivity contribution in [2.45, 2.75) is 19.4 Å². The first-order valence-corrected chi connectivity index (χ1v) is 2.88. The Hall–Kier alpha value is -0.810. The van der Waals surface area contributed by atoms with E-state index in [9.17, 15) is 0 Å². The van der Waals surface area contributed by atoms with Crippen molar-refractivity contribution in [3.63, 3.8) is 0 Å². The summed E-state index contributed by atoms with van der Waals surface area (Å²) in [6.45, 7) is 5.48. The highest BCUT2D eigenvalue weighted by atomic mass is 16.5. The van der Waals surface area contributed by atoms with Crippen LogP contribution in [0.1, 0.15) is 13.3 Å². The monoisotopic (exact) mass is 125 g/mol. The molecule has 0 aliphatic carbocycles. The second-order valence-corrected chi connectivity index (χ2v) is 1.77. The fourth-order valence-corrected chi connectivity index (χ4v) is 0.627. The van der Waals surface area contributed by atoms with Gasteiger partial charge in [0.15, 0.2) is 0 Å². The van der Waals surface area contributed by atoms with Crippen LogP contribution in [-0.2, 0) is 4.74 Å². The Kier molecular flexibility index (Phi) is 3.74. The van der Waals surface area contributed by atoms with Crippen LogP contribution in [-0.4, -0.2) is 13.2 Å². The normalized spacial score (nSPS) is 12.1. The molecule has 0 saturated heterocycles. The lowest BCUT2D eigenvalue weighted by atomic mass is 10.1. The van der Waals surface area contributed by atoms with E-state index >= 15 is 0 Å². The Morgan fingerprint density at radius 2 is 2.44 bits per heavy atom. The minimum absolute atomic E-state index is 0.0880. The topological polar surface area (TPSA) is 33.0 Å². The van der Waals surface area contributed by atoms with E-state index in [-0.39, 0.29) is 6.10 Å². The molecule has 0 fully saturated rings. The molecule has 2 nitrogen and oxygen atoms in total. The van der Waals surface area contributed by atoms with E-state index in [1.165, 1.54) is 0 Å². The predicted molar refractivity (Wildman–Crippen MR) is 35.8 cm³/mol.